The van der Waals surface area contributed by atoms with E-state index in [1.807, 2.05) is 0 Å². The van der Waals surface area contributed by atoms with E-state index in [0.717, 1.165) is 0 Å². The molecule has 0 saturated carbocycles. The van der Waals surface area contributed by atoms with Crippen molar-refractivity contribution in [3.8, 4) is 0 Å². The number of hydrogen-bond donors (Lipinski definition) is 0. The number of allylic oxidation sites excluding steroid dienone is 4. The Balaban J connectivity index is 0. The summed E-state index contributed by atoms with van der Waals surface area (Å²) in [5.74, 6) is 0. The standard InChI is InChI=1S/C23H41.2ClH.Zr/c1-2-3-4-5-6-7-8-9-10-11-12-13-14-15-16-17-20-23-21-18-19-22-23;;;/h18,21H,2-17,19-20H2,1H3;2*1H;/q;;;+2/p-2. The van der Waals surface area contributed by atoms with Crippen LogP contribution in [-0.2, 0) is 24.7 Å². The van der Waals surface area contributed by atoms with Crippen molar-refractivity contribution < 1.29 is 49.5 Å². The molecule has 0 N–H and O–H groups in total. The average molecular weight is 480 g/mol. The van der Waals surface area contributed by atoms with Crippen molar-refractivity contribution in [2.75, 3.05) is 0 Å². The van der Waals surface area contributed by atoms with Gasteiger partial charge >= 0.3 is 116 Å². The Morgan fingerprint density at radius 3 is 1.38 bits per heavy atom. The van der Waals surface area contributed by atoms with E-state index in [4.69, 9.17) is 0 Å². The van der Waals surface area contributed by atoms with Crippen LogP contribution in [0.2, 0.25) is 0 Å². The van der Waals surface area contributed by atoms with Gasteiger partial charge < -0.3 is 24.8 Å². The van der Waals surface area contributed by atoms with Gasteiger partial charge in [0.2, 0.25) is 0 Å². The fraction of sp³-hybridized carbons (Fsp3) is 0.826. The molecule has 0 amide bonds. The van der Waals surface area contributed by atoms with Gasteiger partial charge in [0.15, 0.2) is 0 Å². The zero-order valence-electron chi connectivity index (χ0n) is 17.1. The van der Waals surface area contributed by atoms with E-state index >= 15 is 0 Å². The van der Waals surface area contributed by atoms with Gasteiger partial charge in [-0.05, 0) is 0 Å². The summed E-state index contributed by atoms with van der Waals surface area (Å²) in [4.78, 5) is 0. The topological polar surface area (TPSA) is 0 Å². The van der Waals surface area contributed by atoms with Crippen LogP contribution in [0.1, 0.15) is 122 Å². The molecule has 151 valence electrons. The van der Waals surface area contributed by atoms with Crippen LogP contribution < -0.4 is 24.8 Å². The second-order valence-electron chi connectivity index (χ2n) is 7.66. The maximum Gasteiger partial charge on any atom is -1.00 e. The van der Waals surface area contributed by atoms with Crippen molar-refractivity contribution in [3.05, 3.63) is 21.0 Å². The summed E-state index contributed by atoms with van der Waals surface area (Å²) in [7, 11) is 0. The second-order valence-corrected chi connectivity index (χ2v) is 9.15. The Labute approximate surface area is 192 Å². The first-order valence-corrected chi connectivity index (χ1v) is 12.2. The maximum atomic E-state index is 2.37. The summed E-state index contributed by atoms with van der Waals surface area (Å²) in [6.07, 6.45) is 30.7. The predicted octanol–water partition coefficient (Wildman–Crippen LogP) is 2.41. The Hall–Kier alpha value is 0.943. The molecule has 0 atom stereocenters. The molecule has 0 aromatic rings. The fourth-order valence-electron chi connectivity index (χ4n) is 3.65. The number of hydrogen-bond acceptors (Lipinski definition) is 0. The molecule has 0 radical (unpaired) electrons. The first-order valence-electron chi connectivity index (χ1n) is 10.9. The van der Waals surface area contributed by atoms with E-state index in [0.29, 0.717) is 0 Å². The molecule has 0 spiro atoms. The number of rotatable bonds is 17. The summed E-state index contributed by atoms with van der Waals surface area (Å²) in [5, 5.41) is 0. The minimum Gasteiger partial charge on any atom is -1.00 e. The van der Waals surface area contributed by atoms with Crippen molar-refractivity contribution in [1.82, 2.24) is 0 Å². The molecule has 3 heteroatoms. The van der Waals surface area contributed by atoms with Gasteiger partial charge in [-0.2, -0.15) is 0 Å². The van der Waals surface area contributed by atoms with Crippen LogP contribution in [0.25, 0.3) is 0 Å². The van der Waals surface area contributed by atoms with Crippen LogP contribution in [0, 0.1) is 0 Å². The Morgan fingerprint density at radius 1 is 0.654 bits per heavy atom. The Kier molecular flexibility index (Phi) is 24.9. The van der Waals surface area contributed by atoms with Crippen LogP contribution >= 0.6 is 0 Å². The average Bonchev–Trinajstić information content (AvgIpc) is 2.99. The second kappa shape index (κ2) is 22.2. The number of unbranched alkanes of at least 4 members (excludes halogenated alkanes) is 15. The van der Waals surface area contributed by atoms with E-state index in [1.165, 1.54) is 116 Å². The monoisotopic (exact) mass is 477 g/mol. The number of halogens is 2. The summed E-state index contributed by atoms with van der Waals surface area (Å²) in [6.45, 7) is 2.30. The van der Waals surface area contributed by atoms with Crippen molar-refractivity contribution in [1.29, 1.82) is 0 Å². The molecule has 0 aromatic heterocycles. The van der Waals surface area contributed by atoms with E-state index in [1.54, 1.807) is 33.6 Å². The van der Waals surface area contributed by atoms with Gasteiger partial charge in [-0.15, -0.1) is 0 Å². The normalized spacial score (nSPS) is 13.0. The van der Waals surface area contributed by atoms with Crippen LogP contribution in [-0.4, -0.2) is 0 Å². The summed E-state index contributed by atoms with van der Waals surface area (Å²) >= 11 is 1.63. The molecule has 0 heterocycles. The van der Waals surface area contributed by atoms with E-state index in [-0.39, 0.29) is 24.8 Å². The Morgan fingerprint density at radius 2 is 1.04 bits per heavy atom. The van der Waals surface area contributed by atoms with Gasteiger partial charge in [-0.3, -0.25) is 0 Å². The van der Waals surface area contributed by atoms with Crippen molar-refractivity contribution >= 4 is 0 Å². The largest absolute Gasteiger partial charge is 1.00 e. The maximum absolute atomic E-state index is 2.37. The summed E-state index contributed by atoms with van der Waals surface area (Å²) in [5.41, 5.74) is 1.67. The van der Waals surface area contributed by atoms with Crippen molar-refractivity contribution in [3.63, 3.8) is 0 Å². The SMILES string of the molecule is CCCCCCCCCCCCCCCCCCC1=[C]([Zr+2])CC=C1.[Cl-].[Cl-]. The van der Waals surface area contributed by atoms with Crippen LogP contribution in [0.4, 0.5) is 0 Å². The van der Waals surface area contributed by atoms with E-state index in [2.05, 4.69) is 19.1 Å². The van der Waals surface area contributed by atoms with Gasteiger partial charge in [-0.25, -0.2) is 0 Å². The van der Waals surface area contributed by atoms with E-state index < -0.39 is 0 Å². The van der Waals surface area contributed by atoms with Crippen LogP contribution in [0.3, 0.4) is 0 Å². The third kappa shape index (κ3) is 17.1. The molecule has 0 fully saturated rings. The predicted molar refractivity (Wildman–Crippen MR) is 105 cm³/mol. The minimum atomic E-state index is 0. The van der Waals surface area contributed by atoms with E-state index in [9.17, 15) is 0 Å². The molecule has 0 aliphatic heterocycles. The molecular formula is C23H41Cl2Zr. The minimum absolute atomic E-state index is 0. The molecule has 0 bridgehead atoms. The van der Waals surface area contributed by atoms with Gasteiger partial charge in [0.1, 0.15) is 0 Å². The molecule has 1 rings (SSSR count). The third-order valence-corrected chi connectivity index (χ3v) is 6.62. The molecule has 1 aliphatic rings. The van der Waals surface area contributed by atoms with Gasteiger partial charge in [0.25, 0.3) is 0 Å². The van der Waals surface area contributed by atoms with Gasteiger partial charge in [0, 0.05) is 0 Å². The fourth-order valence-corrected chi connectivity index (χ4v) is 4.45. The molecule has 0 aromatic carbocycles. The third-order valence-electron chi connectivity index (χ3n) is 5.33. The van der Waals surface area contributed by atoms with Crippen molar-refractivity contribution in [2.24, 2.45) is 0 Å². The molecular weight excluding hydrogens is 438 g/mol. The summed E-state index contributed by atoms with van der Waals surface area (Å²) < 4.78 is 1.70. The summed E-state index contributed by atoms with van der Waals surface area (Å²) in [6, 6.07) is 0. The zero-order chi connectivity index (χ0) is 17.3. The molecule has 0 saturated heterocycles. The van der Waals surface area contributed by atoms with Crippen LogP contribution in [0.5, 0.6) is 0 Å². The first-order chi connectivity index (χ1) is 11.8. The molecule has 0 unspecified atom stereocenters. The van der Waals surface area contributed by atoms with Gasteiger partial charge in [-0.1, -0.05) is 51.9 Å². The molecule has 1 aliphatic carbocycles. The van der Waals surface area contributed by atoms with Gasteiger partial charge in [0.05, 0.1) is 0 Å². The smallest absolute Gasteiger partial charge is 1.00 e. The molecule has 0 nitrogen and oxygen atoms in total. The molecule has 26 heavy (non-hydrogen) atoms. The van der Waals surface area contributed by atoms with Crippen molar-refractivity contribution in [2.45, 2.75) is 122 Å². The zero-order valence-corrected chi connectivity index (χ0v) is 21.1. The first kappa shape index (κ1) is 29.1. The van der Waals surface area contributed by atoms with Crippen LogP contribution in [0.15, 0.2) is 21.0 Å². The Bertz CT molecular complexity index is 350. The quantitative estimate of drug-likeness (QED) is 0.281.